The van der Waals surface area contributed by atoms with Crippen LogP contribution in [0.5, 0.6) is 5.75 Å². The number of benzene rings is 1. The van der Waals surface area contributed by atoms with Gasteiger partial charge in [-0.05, 0) is 47.0 Å². The van der Waals surface area contributed by atoms with Gasteiger partial charge >= 0.3 is 6.18 Å². The lowest BCUT2D eigenvalue weighted by Crippen LogP contribution is -2.20. The molecule has 11 heteroatoms. The Labute approximate surface area is 188 Å². The summed E-state index contributed by atoms with van der Waals surface area (Å²) in [6.45, 7) is -0.0159. The van der Waals surface area contributed by atoms with Crippen LogP contribution in [0.3, 0.4) is 0 Å². The van der Waals surface area contributed by atoms with E-state index < -0.39 is 11.7 Å². The normalized spacial score (nSPS) is 19.1. The predicted octanol–water partition coefficient (Wildman–Crippen LogP) is 5.10. The van der Waals surface area contributed by atoms with Crippen LogP contribution < -0.4 is 10.5 Å². The molecule has 4 heterocycles. The summed E-state index contributed by atoms with van der Waals surface area (Å²) in [6, 6.07) is 5.77. The van der Waals surface area contributed by atoms with Crippen LogP contribution in [-0.2, 0) is 10.9 Å². The maximum Gasteiger partial charge on any atom is 0.419 e. The van der Waals surface area contributed by atoms with Gasteiger partial charge in [-0.25, -0.2) is 9.97 Å². The molecule has 0 radical (unpaired) electrons. The summed E-state index contributed by atoms with van der Waals surface area (Å²) in [5, 5.41) is 1.10. The summed E-state index contributed by atoms with van der Waals surface area (Å²) in [6.07, 6.45) is 0.787. The number of nitrogens with two attached hydrogens (primary N) is 1. The molecule has 32 heavy (non-hydrogen) atoms. The lowest BCUT2D eigenvalue weighted by Gasteiger charge is -2.19. The summed E-state index contributed by atoms with van der Waals surface area (Å²) < 4.78 is 55.0. The molecular formula is C21H17BrF3N5O2. The van der Waals surface area contributed by atoms with Gasteiger partial charge in [-0.3, -0.25) is 4.98 Å². The topological polar surface area (TPSA) is 88.1 Å². The van der Waals surface area contributed by atoms with Crippen molar-refractivity contribution >= 4 is 43.7 Å². The number of nitrogens with zero attached hydrogens (tertiary/aromatic N) is 4. The van der Waals surface area contributed by atoms with Crippen LogP contribution in [-0.4, -0.2) is 32.2 Å². The first-order valence-electron chi connectivity index (χ1n) is 9.81. The maximum atomic E-state index is 13.6. The average Bonchev–Trinajstić information content (AvgIpc) is 3.38. The molecule has 0 aliphatic carbocycles. The van der Waals surface area contributed by atoms with Crippen molar-refractivity contribution in [1.29, 1.82) is 0 Å². The number of ether oxygens (including phenoxy) is 2. The summed E-state index contributed by atoms with van der Waals surface area (Å²) in [4.78, 5) is 12.4. The molecule has 1 aliphatic heterocycles. The van der Waals surface area contributed by atoms with E-state index in [4.69, 9.17) is 15.2 Å². The fourth-order valence-corrected chi connectivity index (χ4v) is 4.24. The molecule has 0 bridgehead atoms. The van der Waals surface area contributed by atoms with E-state index in [1.807, 2.05) is 16.8 Å². The van der Waals surface area contributed by atoms with Crippen molar-refractivity contribution < 1.29 is 22.6 Å². The lowest BCUT2D eigenvalue weighted by atomic mass is 10.1. The van der Waals surface area contributed by atoms with Crippen molar-refractivity contribution in [2.45, 2.75) is 31.3 Å². The zero-order valence-electron chi connectivity index (χ0n) is 16.5. The lowest BCUT2D eigenvalue weighted by molar-refractivity contribution is -0.139. The molecule has 1 aromatic carbocycles. The fraction of sp³-hybridized carbons (Fsp3) is 0.286. The first kappa shape index (κ1) is 21.0. The molecule has 5 rings (SSSR count). The van der Waals surface area contributed by atoms with Crippen LogP contribution in [0.1, 0.15) is 24.6 Å². The second-order valence-electron chi connectivity index (χ2n) is 7.51. The van der Waals surface area contributed by atoms with E-state index in [0.717, 1.165) is 11.5 Å². The number of halogens is 4. The quantitative estimate of drug-likeness (QED) is 0.413. The van der Waals surface area contributed by atoms with Crippen molar-refractivity contribution in [2.24, 2.45) is 0 Å². The smallest absolute Gasteiger partial charge is 0.419 e. The van der Waals surface area contributed by atoms with Crippen LogP contribution in [0.4, 0.5) is 19.0 Å². The molecule has 2 atom stereocenters. The number of alkyl halides is 3. The number of hydrogen-bond donors (Lipinski definition) is 1. The van der Waals surface area contributed by atoms with Crippen molar-refractivity contribution in [3.63, 3.8) is 0 Å². The number of nitrogen functional groups attached to an aromatic ring is 1. The Balaban J connectivity index is 1.35. The molecule has 1 saturated heterocycles. The third-order valence-corrected chi connectivity index (χ3v) is 5.85. The fourth-order valence-electron chi connectivity index (χ4n) is 3.89. The van der Waals surface area contributed by atoms with Gasteiger partial charge in [0.2, 0.25) is 0 Å². The molecule has 166 valence electrons. The van der Waals surface area contributed by atoms with Gasteiger partial charge in [0, 0.05) is 28.3 Å². The minimum atomic E-state index is -4.56. The number of rotatable bonds is 4. The Hall–Kier alpha value is -2.92. The van der Waals surface area contributed by atoms with E-state index in [-0.39, 0.29) is 24.7 Å². The maximum absolute atomic E-state index is 13.6. The highest BCUT2D eigenvalue weighted by atomic mass is 79.9. The Bertz CT molecular complexity index is 1310. The summed E-state index contributed by atoms with van der Waals surface area (Å²) in [5.74, 6) is 0.113. The van der Waals surface area contributed by atoms with E-state index in [2.05, 4.69) is 30.9 Å². The van der Waals surface area contributed by atoms with Crippen LogP contribution in [0.25, 0.3) is 21.9 Å². The van der Waals surface area contributed by atoms with Gasteiger partial charge in [0.25, 0.3) is 0 Å². The van der Waals surface area contributed by atoms with E-state index in [9.17, 15) is 13.2 Å². The van der Waals surface area contributed by atoms with E-state index in [1.54, 1.807) is 6.07 Å². The van der Waals surface area contributed by atoms with Gasteiger partial charge in [-0.15, -0.1) is 0 Å². The van der Waals surface area contributed by atoms with Gasteiger partial charge < -0.3 is 19.8 Å². The second-order valence-corrected chi connectivity index (χ2v) is 8.43. The highest BCUT2D eigenvalue weighted by Gasteiger charge is 2.36. The van der Waals surface area contributed by atoms with E-state index >= 15 is 0 Å². The molecule has 1 aliphatic rings. The summed E-state index contributed by atoms with van der Waals surface area (Å²) in [7, 11) is 0. The molecule has 4 aromatic rings. The molecule has 2 unspecified atom stereocenters. The van der Waals surface area contributed by atoms with Crippen molar-refractivity contribution in [3.8, 4) is 5.75 Å². The Morgan fingerprint density at radius 2 is 2.03 bits per heavy atom. The first-order chi connectivity index (χ1) is 15.3. The molecule has 0 amide bonds. The standard InChI is InChI=1S/C21H17BrF3N5O2/c22-12-5-11-6-15(21(23,24)25)17(7-16(11)27-8-12)31-9-13-1-2-18(32-13)30-4-3-14-19(26)28-10-29-20(14)30/h3-8,10,13,18H,1-2,9H2,(H2,26,28,29). The molecule has 2 N–H and O–H groups in total. The van der Waals surface area contributed by atoms with Crippen molar-refractivity contribution in [1.82, 2.24) is 19.5 Å². The van der Waals surface area contributed by atoms with Gasteiger partial charge in [0.05, 0.1) is 22.6 Å². The Morgan fingerprint density at radius 3 is 2.84 bits per heavy atom. The number of fused-ring (bicyclic) bond motifs is 2. The van der Waals surface area contributed by atoms with Crippen LogP contribution >= 0.6 is 15.9 Å². The highest BCUT2D eigenvalue weighted by Crippen LogP contribution is 2.39. The molecule has 0 spiro atoms. The second kappa shape index (κ2) is 7.89. The van der Waals surface area contributed by atoms with Gasteiger partial charge in [-0.2, -0.15) is 13.2 Å². The Morgan fingerprint density at radius 1 is 1.19 bits per heavy atom. The minimum absolute atomic E-state index is 0.0159. The first-order valence-corrected chi connectivity index (χ1v) is 10.6. The SMILES string of the molecule is Nc1ncnc2c1ccn2C1CCC(COc2cc3ncc(Br)cc3cc2C(F)(F)F)O1. The number of aromatic nitrogens is 4. The van der Waals surface area contributed by atoms with Crippen molar-refractivity contribution in [3.05, 3.63) is 53.0 Å². The van der Waals surface area contributed by atoms with Gasteiger partial charge in [0.1, 0.15) is 36.4 Å². The zero-order chi connectivity index (χ0) is 22.5. The van der Waals surface area contributed by atoms with E-state index in [0.29, 0.717) is 39.7 Å². The average molecular weight is 508 g/mol. The zero-order valence-corrected chi connectivity index (χ0v) is 18.1. The van der Waals surface area contributed by atoms with E-state index in [1.165, 1.54) is 18.6 Å². The van der Waals surface area contributed by atoms with Crippen LogP contribution in [0, 0.1) is 0 Å². The van der Waals surface area contributed by atoms with Gasteiger partial charge in [-0.1, -0.05) is 0 Å². The highest BCUT2D eigenvalue weighted by molar-refractivity contribution is 9.10. The third-order valence-electron chi connectivity index (χ3n) is 5.41. The number of pyridine rings is 1. The van der Waals surface area contributed by atoms with Crippen molar-refractivity contribution in [2.75, 3.05) is 12.3 Å². The van der Waals surface area contributed by atoms with Crippen LogP contribution in [0.15, 0.2) is 47.5 Å². The summed E-state index contributed by atoms with van der Waals surface area (Å²) in [5.41, 5.74) is 6.10. The summed E-state index contributed by atoms with van der Waals surface area (Å²) >= 11 is 3.23. The third kappa shape index (κ3) is 3.86. The molecule has 7 nitrogen and oxygen atoms in total. The van der Waals surface area contributed by atoms with Crippen LogP contribution in [0.2, 0.25) is 0 Å². The monoisotopic (exact) mass is 507 g/mol. The largest absolute Gasteiger partial charge is 0.490 e. The molecule has 0 saturated carbocycles. The molecule has 1 fully saturated rings. The Kier molecular flexibility index (Phi) is 5.17. The van der Waals surface area contributed by atoms with Gasteiger partial charge in [0.15, 0.2) is 0 Å². The molecule has 3 aromatic heterocycles. The molecular weight excluding hydrogens is 491 g/mol. The predicted molar refractivity (Wildman–Crippen MR) is 115 cm³/mol. The minimum Gasteiger partial charge on any atom is -0.490 e. The number of hydrogen-bond acceptors (Lipinski definition) is 6. The number of anilines is 1.